The smallest absolute Gasteiger partial charge is 0.355 e. The Morgan fingerprint density at radius 1 is 0.969 bits per heavy atom. The Balaban J connectivity index is 1.45. The van der Waals surface area contributed by atoms with Crippen molar-refractivity contribution in [1.29, 1.82) is 0 Å². The molecule has 1 fully saturated rings. The highest BCUT2D eigenvalue weighted by Gasteiger charge is 2.30. The van der Waals surface area contributed by atoms with E-state index in [-0.39, 0.29) is 12.5 Å². The molecule has 166 valence electrons. The highest BCUT2D eigenvalue weighted by molar-refractivity contribution is 5.94. The Labute approximate surface area is 184 Å². The summed E-state index contributed by atoms with van der Waals surface area (Å²) in [5, 5.41) is 2.67. The van der Waals surface area contributed by atoms with E-state index < -0.39 is 11.7 Å². The van der Waals surface area contributed by atoms with Crippen LogP contribution in [0.2, 0.25) is 0 Å². The number of alkyl halides is 3. The first-order valence-corrected chi connectivity index (χ1v) is 10.5. The Morgan fingerprint density at radius 2 is 1.69 bits per heavy atom. The van der Waals surface area contributed by atoms with Crippen molar-refractivity contribution in [2.24, 2.45) is 0 Å². The first-order valence-electron chi connectivity index (χ1n) is 10.5. The maximum atomic E-state index is 12.9. The second kappa shape index (κ2) is 9.38. The standard InChI is InChI=1S/C24H23F3N4O/c25-24(26,27)20-6-4-5-17(15-20)16-30-23(32)19-9-7-18(8-10-19)21-22(29-12-11-28-21)31-13-2-1-3-14-31/h4-12,15H,1-3,13-14,16H2,(H,30,32). The molecule has 0 spiro atoms. The number of rotatable bonds is 5. The van der Waals surface area contributed by atoms with Crippen molar-refractivity contribution in [1.82, 2.24) is 15.3 Å². The van der Waals surface area contributed by atoms with Gasteiger partial charge in [0, 0.05) is 43.2 Å². The minimum atomic E-state index is -4.41. The van der Waals surface area contributed by atoms with Gasteiger partial charge in [0.15, 0.2) is 5.82 Å². The molecule has 0 saturated carbocycles. The fraction of sp³-hybridized carbons (Fsp3) is 0.292. The zero-order valence-electron chi connectivity index (χ0n) is 17.4. The van der Waals surface area contributed by atoms with Crippen molar-refractivity contribution in [2.45, 2.75) is 32.0 Å². The van der Waals surface area contributed by atoms with Crippen molar-refractivity contribution in [3.8, 4) is 11.3 Å². The van der Waals surface area contributed by atoms with Gasteiger partial charge in [-0.25, -0.2) is 4.98 Å². The lowest BCUT2D eigenvalue weighted by molar-refractivity contribution is -0.137. The summed E-state index contributed by atoms with van der Waals surface area (Å²) in [6.45, 7) is 1.90. The van der Waals surface area contributed by atoms with Gasteiger partial charge in [0.05, 0.1) is 5.56 Å². The summed E-state index contributed by atoms with van der Waals surface area (Å²) < 4.78 is 38.6. The third-order valence-corrected chi connectivity index (χ3v) is 5.46. The van der Waals surface area contributed by atoms with Gasteiger partial charge in [0.1, 0.15) is 5.69 Å². The molecule has 2 aromatic carbocycles. The van der Waals surface area contributed by atoms with E-state index >= 15 is 0 Å². The number of anilines is 1. The summed E-state index contributed by atoms with van der Waals surface area (Å²) in [7, 11) is 0. The molecule has 8 heteroatoms. The molecular formula is C24H23F3N4O. The molecule has 1 amide bonds. The predicted molar refractivity (Wildman–Crippen MR) is 116 cm³/mol. The van der Waals surface area contributed by atoms with E-state index in [2.05, 4.69) is 20.2 Å². The summed E-state index contributed by atoms with van der Waals surface area (Å²) >= 11 is 0. The number of halogens is 3. The zero-order valence-corrected chi connectivity index (χ0v) is 17.4. The van der Waals surface area contributed by atoms with Crippen LogP contribution in [0.3, 0.4) is 0 Å². The van der Waals surface area contributed by atoms with Crippen LogP contribution < -0.4 is 10.2 Å². The number of amides is 1. The van der Waals surface area contributed by atoms with Gasteiger partial charge in [-0.15, -0.1) is 0 Å². The summed E-state index contributed by atoms with van der Waals surface area (Å²) in [6, 6.07) is 11.9. The number of carbonyl (C=O) groups is 1. The number of hydrogen-bond acceptors (Lipinski definition) is 4. The van der Waals surface area contributed by atoms with Crippen molar-refractivity contribution >= 4 is 11.7 Å². The van der Waals surface area contributed by atoms with Crippen LogP contribution in [0.5, 0.6) is 0 Å². The van der Waals surface area contributed by atoms with Crippen molar-refractivity contribution in [3.63, 3.8) is 0 Å². The largest absolute Gasteiger partial charge is 0.416 e. The maximum Gasteiger partial charge on any atom is 0.416 e. The SMILES string of the molecule is O=C(NCc1cccc(C(F)(F)F)c1)c1ccc(-c2nccnc2N2CCCCC2)cc1. The first-order chi connectivity index (χ1) is 15.4. The van der Waals surface area contributed by atoms with Crippen molar-refractivity contribution in [3.05, 3.63) is 77.6 Å². The molecule has 0 radical (unpaired) electrons. The molecule has 5 nitrogen and oxygen atoms in total. The highest BCUT2D eigenvalue weighted by atomic mass is 19.4. The summed E-state index contributed by atoms with van der Waals surface area (Å²) in [6.07, 6.45) is 2.39. The molecule has 0 aliphatic carbocycles. The van der Waals surface area contributed by atoms with Crippen LogP contribution in [0.4, 0.5) is 19.0 Å². The number of hydrogen-bond donors (Lipinski definition) is 1. The highest BCUT2D eigenvalue weighted by Crippen LogP contribution is 2.30. The molecule has 32 heavy (non-hydrogen) atoms. The van der Waals surface area contributed by atoms with E-state index in [1.54, 1.807) is 30.6 Å². The molecular weight excluding hydrogens is 417 g/mol. The first kappa shape index (κ1) is 21.8. The third kappa shape index (κ3) is 5.07. The third-order valence-electron chi connectivity index (χ3n) is 5.46. The average Bonchev–Trinajstić information content (AvgIpc) is 2.83. The Hall–Kier alpha value is -3.42. The van der Waals surface area contributed by atoms with Crippen LogP contribution in [0.25, 0.3) is 11.3 Å². The number of benzene rings is 2. The Kier molecular flexibility index (Phi) is 6.39. The number of nitrogens with zero attached hydrogens (tertiary/aromatic N) is 3. The number of carbonyl (C=O) groups excluding carboxylic acids is 1. The van der Waals surface area contributed by atoms with Gasteiger partial charge >= 0.3 is 6.18 Å². The number of piperidine rings is 1. The van der Waals surface area contributed by atoms with Crippen LogP contribution >= 0.6 is 0 Å². The van der Waals surface area contributed by atoms with Gasteiger partial charge in [0.2, 0.25) is 0 Å². The molecule has 1 aromatic heterocycles. The van der Waals surface area contributed by atoms with Gasteiger partial charge < -0.3 is 10.2 Å². The normalized spacial score (nSPS) is 14.3. The van der Waals surface area contributed by atoms with Gasteiger partial charge in [-0.05, 0) is 49.1 Å². The average molecular weight is 440 g/mol. The molecule has 0 unspecified atom stereocenters. The molecule has 1 saturated heterocycles. The molecule has 1 aliphatic rings. The van der Waals surface area contributed by atoms with Crippen LogP contribution in [0.1, 0.15) is 40.7 Å². The molecule has 4 rings (SSSR count). The lowest BCUT2D eigenvalue weighted by Crippen LogP contribution is -2.30. The van der Waals surface area contributed by atoms with E-state index in [1.807, 2.05) is 12.1 Å². The second-order valence-corrected chi connectivity index (χ2v) is 7.73. The van der Waals surface area contributed by atoms with E-state index in [9.17, 15) is 18.0 Å². The zero-order chi connectivity index (χ0) is 22.6. The summed E-state index contributed by atoms with van der Waals surface area (Å²) in [5.74, 6) is 0.485. The Bertz CT molecular complexity index is 1080. The monoisotopic (exact) mass is 440 g/mol. The van der Waals surface area contributed by atoms with Crippen LogP contribution in [-0.2, 0) is 12.7 Å². The topological polar surface area (TPSA) is 58.1 Å². The second-order valence-electron chi connectivity index (χ2n) is 7.73. The molecule has 0 bridgehead atoms. The maximum absolute atomic E-state index is 12.9. The number of nitrogens with one attached hydrogen (secondary N) is 1. The van der Waals surface area contributed by atoms with Gasteiger partial charge in [0.25, 0.3) is 5.91 Å². The summed E-state index contributed by atoms with van der Waals surface area (Å²) in [5.41, 5.74) is 1.69. The number of aromatic nitrogens is 2. The van der Waals surface area contributed by atoms with Crippen molar-refractivity contribution in [2.75, 3.05) is 18.0 Å². The molecule has 3 aromatic rings. The van der Waals surface area contributed by atoms with E-state index in [0.29, 0.717) is 11.1 Å². The summed E-state index contributed by atoms with van der Waals surface area (Å²) in [4.78, 5) is 23.8. The van der Waals surface area contributed by atoms with Crippen molar-refractivity contribution < 1.29 is 18.0 Å². The van der Waals surface area contributed by atoms with Crippen LogP contribution in [0.15, 0.2) is 60.9 Å². The van der Waals surface area contributed by atoms with Crippen LogP contribution in [-0.4, -0.2) is 29.0 Å². The Morgan fingerprint density at radius 3 is 2.41 bits per heavy atom. The van der Waals surface area contributed by atoms with Crippen LogP contribution in [0, 0.1) is 0 Å². The molecule has 1 aliphatic heterocycles. The lowest BCUT2D eigenvalue weighted by atomic mass is 10.1. The quantitative estimate of drug-likeness (QED) is 0.601. The van der Waals surface area contributed by atoms with Gasteiger partial charge in [-0.2, -0.15) is 13.2 Å². The lowest BCUT2D eigenvalue weighted by Gasteiger charge is -2.28. The van der Waals surface area contributed by atoms with Gasteiger partial charge in [-0.3, -0.25) is 9.78 Å². The van der Waals surface area contributed by atoms with E-state index in [4.69, 9.17) is 0 Å². The fourth-order valence-corrected chi connectivity index (χ4v) is 3.79. The fourth-order valence-electron chi connectivity index (χ4n) is 3.79. The molecule has 0 atom stereocenters. The van der Waals surface area contributed by atoms with Gasteiger partial charge in [-0.1, -0.05) is 24.3 Å². The minimum Gasteiger partial charge on any atom is -0.355 e. The van der Waals surface area contributed by atoms with E-state index in [0.717, 1.165) is 55.1 Å². The molecule has 2 heterocycles. The molecule has 1 N–H and O–H groups in total. The minimum absolute atomic E-state index is 0.00771. The van der Waals surface area contributed by atoms with E-state index in [1.165, 1.54) is 12.5 Å². The predicted octanol–water partition coefficient (Wildman–Crippen LogP) is 5.08.